The summed E-state index contributed by atoms with van der Waals surface area (Å²) in [4.78, 5) is 10.1. The summed E-state index contributed by atoms with van der Waals surface area (Å²) in [6.07, 6.45) is -0.295. The maximum atomic E-state index is 5.12. The molecule has 236 valence electrons. The quantitative estimate of drug-likeness (QED) is 0.196. The van der Waals surface area contributed by atoms with E-state index >= 15 is 0 Å². The second-order valence-corrected chi connectivity index (χ2v) is 13.7. The highest BCUT2D eigenvalue weighted by molar-refractivity contribution is 7.26. The summed E-state index contributed by atoms with van der Waals surface area (Å²) in [6.45, 7) is 0. The van der Waals surface area contributed by atoms with Crippen LogP contribution in [0, 0.1) is 0 Å². The maximum absolute atomic E-state index is 5.12. The third kappa shape index (κ3) is 4.74. The molecule has 7 aromatic carbocycles. The van der Waals surface area contributed by atoms with Gasteiger partial charge in [-0.25, -0.2) is 9.98 Å². The van der Waals surface area contributed by atoms with E-state index in [1.807, 2.05) is 35.6 Å². The van der Waals surface area contributed by atoms with Gasteiger partial charge in [0.15, 0.2) is 5.84 Å². The SMILES string of the molecule is c1ccc(C2=NC(c3ccc(-n4c5ccccc5c5c6sc7ccccc7c6ccc54)cc3)NC(c3ccc(-c4ccccc4)cc3)=N2)cc1. The van der Waals surface area contributed by atoms with E-state index in [-0.39, 0.29) is 6.17 Å². The van der Waals surface area contributed by atoms with Crippen molar-refractivity contribution in [1.29, 1.82) is 0 Å². The molecule has 1 atom stereocenters. The Morgan fingerprint density at radius 3 is 1.92 bits per heavy atom. The van der Waals surface area contributed by atoms with Crippen LogP contribution in [-0.2, 0) is 0 Å². The molecule has 0 amide bonds. The van der Waals surface area contributed by atoms with Crippen molar-refractivity contribution < 1.29 is 0 Å². The maximum Gasteiger partial charge on any atom is 0.159 e. The van der Waals surface area contributed by atoms with Crippen LogP contribution in [0.4, 0.5) is 0 Å². The van der Waals surface area contributed by atoms with E-state index in [0.29, 0.717) is 0 Å². The fourth-order valence-corrected chi connectivity index (χ4v) is 8.51. The van der Waals surface area contributed by atoms with Crippen LogP contribution in [0.5, 0.6) is 0 Å². The standard InChI is InChI=1S/C45H30N4S/c1-3-11-29(12-4-1)30-19-21-32(22-20-30)44-46-43(31-13-5-2-6-14-31)47-45(48-44)33-23-25-34(26-24-33)49-38-17-9-7-16-37(38)41-39(49)28-27-36-35-15-8-10-18-40(35)50-42(36)41/h1-28,45H,(H,46,47,48). The number of nitrogens with zero attached hydrogens (tertiary/aromatic N) is 3. The molecule has 9 aromatic rings. The number of fused-ring (bicyclic) bond motifs is 7. The molecule has 50 heavy (non-hydrogen) atoms. The number of nitrogens with one attached hydrogen (secondary N) is 1. The zero-order chi connectivity index (χ0) is 33.0. The Bertz CT molecular complexity index is 2760. The third-order valence-electron chi connectivity index (χ3n) is 9.69. The summed E-state index contributed by atoms with van der Waals surface area (Å²) in [6, 6.07) is 60.2. The lowest BCUT2D eigenvalue weighted by Crippen LogP contribution is -2.33. The van der Waals surface area contributed by atoms with E-state index in [9.17, 15) is 0 Å². The van der Waals surface area contributed by atoms with Crippen molar-refractivity contribution in [3.8, 4) is 16.8 Å². The monoisotopic (exact) mass is 658 g/mol. The van der Waals surface area contributed by atoms with Crippen molar-refractivity contribution >= 4 is 65.0 Å². The second kappa shape index (κ2) is 11.7. The van der Waals surface area contributed by atoms with Crippen LogP contribution in [0.3, 0.4) is 0 Å². The van der Waals surface area contributed by atoms with Crippen LogP contribution < -0.4 is 5.32 Å². The molecule has 0 radical (unpaired) electrons. The molecule has 1 aliphatic heterocycles. The summed E-state index contributed by atoms with van der Waals surface area (Å²) < 4.78 is 5.06. The molecule has 5 heteroatoms. The van der Waals surface area contributed by atoms with Gasteiger partial charge in [-0.15, -0.1) is 11.3 Å². The molecule has 0 saturated heterocycles. The van der Waals surface area contributed by atoms with E-state index in [1.54, 1.807) is 0 Å². The minimum absolute atomic E-state index is 0.295. The van der Waals surface area contributed by atoms with Crippen molar-refractivity contribution in [2.75, 3.05) is 0 Å². The lowest BCUT2D eigenvalue weighted by molar-refractivity contribution is 0.674. The van der Waals surface area contributed by atoms with Crippen LogP contribution in [-0.4, -0.2) is 16.2 Å². The normalized spacial score (nSPS) is 14.6. The Balaban J connectivity index is 1.05. The second-order valence-electron chi connectivity index (χ2n) is 12.6. The van der Waals surface area contributed by atoms with Gasteiger partial charge in [-0.3, -0.25) is 0 Å². The van der Waals surface area contributed by atoms with E-state index in [4.69, 9.17) is 9.98 Å². The first-order valence-corrected chi connectivity index (χ1v) is 17.7. The Labute approximate surface area is 293 Å². The van der Waals surface area contributed by atoms with E-state index < -0.39 is 0 Å². The van der Waals surface area contributed by atoms with Gasteiger partial charge in [-0.05, 0) is 47.0 Å². The van der Waals surface area contributed by atoms with Gasteiger partial charge in [0.1, 0.15) is 12.0 Å². The highest BCUT2D eigenvalue weighted by Gasteiger charge is 2.22. The van der Waals surface area contributed by atoms with Gasteiger partial charge in [-0.2, -0.15) is 0 Å². The van der Waals surface area contributed by atoms with Gasteiger partial charge in [0.25, 0.3) is 0 Å². The third-order valence-corrected chi connectivity index (χ3v) is 10.9. The summed E-state index contributed by atoms with van der Waals surface area (Å²) in [5.74, 6) is 1.53. The lowest BCUT2D eigenvalue weighted by atomic mass is 10.0. The summed E-state index contributed by atoms with van der Waals surface area (Å²) in [7, 11) is 0. The van der Waals surface area contributed by atoms with Crippen LogP contribution in [0.1, 0.15) is 22.9 Å². The summed E-state index contributed by atoms with van der Waals surface area (Å²) >= 11 is 1.88. The van der Waals surface area contributed by atoms with Crippen molar-refractivity contribution in [2.45, 2.75) is 6.17 Å². The number of benzene rings is 7. The number of hydrogen-bond donors (Lipinski definition) is 1. The van der Waals surface area contributed by atoms with Gasteiger partial charge in [-0.1, -0.05) is 140 Å². The average molecular weight is 659 g/mol. The van der Waals surface area contributed by atoms with Crippen LogP contribution in [0.25, 0.3) is 58.8 Å². The molecule has 4 nitrogen and oxygen atoms in total. The fourth-order valence-electron chi connectivity index (χ4n) is 7.25. The predicted octanol–water partition coefficient (Wildman–Crippen LogP) is 11.3. The van der Waals surface area contributed by atoms with Gasteiger partial charge < -0.3 is 9.88 Å². The summed E-state index contributed by atoms with van der Waals surface area (Å²) in [5.41, 5.74) is 8.99. The molecule has 1 N–H and O–H groups in total. The smallest absolute Gasteiger partial charge is 0.159 e. The van der Waals surface area contributed by atoms with Gasteiger partial charge in [0.2, 0.25) is 0 Å². The van der Waals surface area contributed by atoms with Gasteiger partial charge in [0.05, 0.1) is 11.0 Å². The molecular formula is C45H30N4S. The zero-order valence-electron chi connectivity index (χ0n) is 27.0. The first kappa shape index (κ1) is 28.7. The van der Waals surface area contributed by atoms with Crippen molar-refractivity contribution in [3.05, 3.63) is 187 Å². The number of para-hydroxylation sites is 1. The highest BCUT2D eigenvalue weighted by atomic mass is 32.1. The Morgan fingerprint density at radius 1 is 0.500 bits per heavy atom. The van der Waals surface area contributed by atoms with E-state index in [1.165, 1.54) is 53.1 Å². The minimum atomic E-state index is -0.295. The number of thiophene rings is 1. The lowest BCUT2D eigenvalue weighted by Gasteiger charge is -2.24. The number of amidine groups is 2. The molecule has 0 spiro atoms. The van der Waals surface area contributed by atoms with Crippen LogP contribution in [0.15, 0.2) is 180 Å². The Kier molecular flexibility index (Phi) is 6.71. The molecule has 0 bridgehead atoms. The highest BCUT2D eigenvalue weighted by Crippen LogP contribution is 2.43. The molecule has 2 aromatic heterocycles. The molecule has 0 saturated carbocycles. The molecule has 10 rings (SSSR count). The first-order valence-electron chi connectivity index (χ1n) is 16.9. The fraction of sp³-hybridized carbons (Fsp3) is 0.0222. The molecular weight excluding hydrogens is 629 g/mol. The van der Waals surface area contributed by atoms with Gasteiger partial charge >= 0.3 is 0 Å². The van der Waals surface area contributed by atoms with Gasteiger partial charge in [0, 0.05) is 47.8 Å². The van der Waals surface area contributed by atoms with E-state index in [0.717, 1.165) is 34.0 Å². The molecule has 3 heterocycles. The Hall–Kier alpha value is -6.30. The van der Waals surface area contributed by atoms with Crippen LogP contribution in [0.2, 0.25) is 0 Å². The average Bonchev–Trinajstić information content (AvgIpc) is 3.74. The van der Waals surface area contributed by atoms with Crippen molar-refractivity contribution in [1.82, 2.24) is 9.88 Å². The first-order chi connectivity index (χ1) is 24.8. The zero-order valence-corrected chi connectivity index (χ0v) is 27.8. The molecule has 1 unspecified atom stereocenters. The number of aromatic nitrogens is 1. The number of aliphatic imine (C=N–C) groups is 2. The summed E-state index contributed by atoms with van der Waals surface area (Å²) in [5, 5.41) is 8.87. The molecule has 0 aliphatic carbocycles. The molecule has 1 aliphatic rings. The Morgan fingerprint density at radius 2 is 1.14 bits per heavy atom. The minimum Gasteiger partial charge on any atom is -0.344 e. The number of hydrogen-bond acceptors (Lipinski definition) is 4. The predicted molar refractivity (Wildman–Crippen MR) is 211 cm³/mol. The van der Waals surface area contributed by atoms with E-state index in [2.05, 4.69) is 155 Å². The molecule has 0 fully saturated rings. The topological polar surface area (TPSA) is 41.7 Å². The largest absolute Gasteiger partial charge is 0.344 e. The van der Waals surface area contributed by atoms with Crippen molar-refractivity contribution in [3.63, 3.8) is 0 Å². The van der Waals surface area contributed by atoms with Crippen molar-refractivity contribution in [2.24, 2.45) is 9.98 Å². The number of rotatable bonds is 5. The van der Waals surface area contributed by atoms with Crippen LogP contribution >= 0.6 is 11.3 Å².